The maximum atomic E-state index is 12.2. The Morgan fingerprint density at radius 3 is 2.46 bits per heavy atom. The Balaban J connectivity index is 1.59. The van der Waals surface area contributed by atoms with Crippen LogP contribution >= 0.6 is 0 Å². The van der Waals surface area contributed by atoms with E-state index in [1.807, 2.05) is 13.8 Å². The Bertz CT molecular complexity index is 975. The number of benzene rings is 2. The molecule has 0 aliphatic rings. The summed E-state index contributed by atoms with van der Waals surface area (Å²) in [6.45, 7) is 3.78. The van der Waals surface area contributed by atoms with Gasteiger partial charge in [0.1, 0.15) is 24.7 Å². The molecule has 3 aromatic rings. The molecule has 0 atom stereocenters. The Kier molecular flexibility index (Phi) is 5.69. The summed E-state index contributed by atoms with van der Waals surface area (Å²) < 4.78 is 16.0. The summed E-state index contributed by atoms with van der Waals surface area (Å²) in [6, 6.07) is 12.6. The molecule has 0 bridgehead atoms. The molecule has 0 fully saturated rings. The maximum absolute atomic E-state index is 12.2. The lowest BCUT2D eigenvalue weighted by atomic mass is 10.2. The minimum absolute atomic E-state index is 0.0848. The van der Waals surface area contributed by atoms with E-state index in [1.165, 1.54) is 6.07 Å². The third kappa shape index (κ3) is 4.35. The first kappa shape index (κ1) is 19.1. The largest absolute Gasteiger partial charge is 0.489 e. The normalized spacial score (nSPS) is 10.5. The van der Waals surface area contributed by atoms with E-state index in [2.05, 4.69) is 5.16 Å². The van der Waals surface area contributed by atoms with Crippen molar-refractivity contribution in [2.75, 3.05) is 0 Å². The second-order valence-electron chi connectivity index (χ2n) is 6.08. The molecule has 1 heterocycles. The average Bonchev–Trinajstić information content (AvgIpc) is 3.02. The number of rotatable bonds is 7. The molecule has 1 aromatic heterocycles. The SMILES string of the molecule is Cc1noc(C)c1COc1ccc(C(=O)OCc2ccccc2[N+](=O)[O-])cc1. The number of nitro benzene ring substituents is 1. The zero-order valence-corrected chi connectivity index (χ0v) is 15.4. The van der Waals surface area contributed by atoms with Gasteiger partial charge in [-0.15, -0.1) is 0 Å². The number of nitro groups is 1. The number of aryl methyl sites for hydroxylation is 2. The fourth-order valence-electron chi connectivity index (χ4n) is 2.59. The Labute approximate surface area is 160 Å². The van der Waals surface area contributed by atoms with E-state index >= 15 is 0 Å². The second kappa shape index (κ2) is 8.34. The number of aromatic nitrogens is 1. The summed E-state index contributed by atoms with van der Waals surface area (Å²) in [4.78, 5) is 22.7. The standard InChI is InChI=1S/C20H18N2O6/c1-13-18(14(2)28-21-13)12-26-17-9-7-15(8-10-17)20(23)27-11-16-5-3-4-6-19(16)22(24)25/h3-10H,11-12H2,1-2H3. The Morgan fingerprint density at radius 1 is 1.11 bits per heavy atom. The zero-order valence-electron chi connectivity index (χ0n) is 15.4. The van der Waals surface area contributed by atoms with Gasteiger partial charge in [-0.1, -0.05) is 17.3 Å². The van der Waals surface area contributed by atoms with Gasteiger partial charge in [-0.05, 0) is 44.2 Å². The summed E-state index contributed by atoms with van der Waals surface area (Å²) in [6.07, 6.45) is 0. The first-order valence-corrected chi connectivity index (χ1v) is 8.49. The highest BCUT2D eigenvalue weighted by Gasteiger charge is 2.15. The molecule has 0 unspecified atom stereocenters. The van der Waals surface area contributed by atoms with Gasteiger partial charge < -0.3 is 14.0 Å². The minimum atomic E-state index is -0.574. The highest BCUT2D eigenvalue weighted by atomic mass is 16.6. The van der Waals surface area contributed by atoms with Gasteiger partial charge in [0.05, 0.1) is 27.3 Å². The Morgan fingerprint density at radius 2 is 1.82 bits per heavy atom. The van der Waals surface area contributed by atoms with Crippen LogP contribution in [0.25, 0.3) is 0 Å². The van der Waals surface area contributed by atoms with Crippen LogP contribution in [0.2, 0.25) is 0 Å². The van der Waals surface area contributed by atoms with Crippen molar-refractivity contribution in [1.29, 1.82) is 0 Å². The summed E-state index contributed by atoms with van der Waals surface area (Å²) in [5.41, 5.74) is 2.22. The molecular weight excluding hydrogens is 364 g/mol. The molecule has 28 heavy (non-hydrogen) atoms. The molecule has 0 saturated heterocycles. The number of para-hydroxylation sites is 1. The van der Waals surface area contributed by atoms with Gasteiger partial charge in [-0.2, -0.15) is 0 Å². The van der Waals surface area contributed by atoms with Gasteiger partial charge in [-0.3, -0.25) is 10.1 Å². The van der Waals surface area contributed by atoms with Gasteiger partial charge in [0.15, 0.2) is 0 Å². The van der Waals surface area contributed by atoms with Crippen LogP contribution in [0.4, 0.5) is 5.69 Å². The number of carbonyl (C=O) groups excluding carboxylic acids is 1. The predicted molar refractivity (Wildman–Crippen MR) is 99.0 cm³/mol. The third-order valence-corrected chi connectivity index (χ3v) is 4.20. The number of carbonyl (C=O) groups is 1. The van der Waals surface area contributed by atoms with Crippen molar-refractivity contribution >= 4 is 11.7 Å². The van der Waals surface area contributed by atoms with E-state index in [0.717, 1.165) is 11.3 Å². The molecule has 0 saturated carbocycles. The Hall–Kier alpha value is -3.68. The van der Waals surface area contributed by atoms with E-state index < -0.39 is 10.9 Å². The van der Waals surface area contributed by atoms with Crippen molar-refractivity contribution in [3.05, 3.63) is 86.8 Å². The number of nitrogens with zero attached hydrogens (tertiary/aromatic N) is 2. The van der Waals surface area contributed by atoms with Crippen LogP contribution in [0, 0.1) is 24.0 Å². The topological polar surface area (TPSA) is 105 Å². The molecule has 0 N–H and O–H groups in total. The van der Waals surface area contributed by atoms with Crippen LogP contribution < -0.4 is 4.74 Å². The molecule has 0 amide bonds. The molecule has 2 aromatic carbocycles. The number of hydrogen-bond acceptors (Lipinski definition) is 7. The van der Waals surface area contributed by atoms with E-state index in [1.54, 1.807) is 42.5 Å². The van der Waals surface area contributed by atoms with Crippen LogP contribution in [0.15, 0.2) is 53.1 Å². The van der Waals surface area contributed by atoms with Crippen LogP contribution in [-0.2, 0) is 18.0 Å². The van der Waals surface area contributed by atoms with Crippen molar-refractivity contribution in [2.24, 2.45) is 0 Å². The third-order valence-electron chi connectivity index (χ3n) is 4.20. The molecule has 0 spiro atoms. The van der Waals surface area contributed by atoms with Gasteiger partial charge in [-0.25, -0.2) is 4.79 Å². The minimum Gasteiger partial charge on any atom is -0.489 e. The molecule has 0 aliphatic heterocycles. The molecule has 0 radical (unpaired) electrons. The lowest BCUT2D eigenvalue weighted by Gasteiger charge is -2.08. The van der Waals surface area contributed by atoms with Crippen molar-refractivity contribution in [3.8, 4) is 5.75 Å². The van der Waals surface area contributed by atoms with Gasteiger partial charge in [0.25, 0.3) is 5.69 Å². The van der Waals surface area contributed by atoms with E-state index in [9.17, 15) is 14.9 Å². The smallest absolute Gasteiger partial charge is 0.338 e. The summed E-state index contributed by atoms with van der Waals surface area (Å²) in [5.74, 6) is 0.707. The molecule has 8 nitrogen and oxygen atoms in total. The van der Waals surface area contributed by atoms with E-state index in [0.29, 0.717) is 29.2 Å². The fraction of sp³-hybridized carbons (Fsp3) is 0.200. The molecule has 8 heteroatoms. The molecule has 3 rings (SSSR count). The number of hydrogen-bond donors (Lipinski definition) is 0. The molecular formula is C20H18N2O6. The molecule has 144 valence electrons. The lowest BCUT2D eigenvalue weighted by molar-refractivity contribution is -0.385. The lowest BCUT2D eigenvalue weighted by Crippen LogP contribution is -2.06. The number of esters is 1. The summed E-state index contributed by atoms with van der Waals surface area (Å²) in [7, 11) is 0. The van der Waals surface area contributed by atoms with Crippen LogP contribution in [-0.4, -0.2) is 16.0 Å². The van der Waals surface area contributed by atoms with Gasteiger partial charge >= 0.3 is 5.97 Å². The van der Waals surface area contributed by atoms with Crippen molar-refractivity contribution < 1.29 is 23.7 Å². The maximum Gasteiger partial charge on any atom is 0.338 e. The highest BCUT2D eigenvalue weighted by molar-refractivity contribution is 5.89. The zero-order chi connectivity index (χ0) is 20.1. The average molecular weight is 382 g/mol. The fourth-order valence-corrected chi connectivity index (χ4v) is 2.59. The summed E-state index contributed by atoms with van der Waals surface area (Å²) in [5, 5.41) is 14.9. The van der Waals surface area contributed by atoms with Gasteiger partial charge in [0, 0.05) is 6.07 Å². The van der Waals surface area contributed by atoms with Gasteiger partial charge in [0.2, 0.25) is 0 Å². The van der Waals surface area contributed by atoms with Crippen LogP contribution in [0.1, 0.15) is 32.9 Å². The van der Waals surface area contributed by atoms with Crippen molar-refractivity contribution in [3.63, 3.8) is 0 Å². The second-order valence-corrected chi connectivity index (χ2v) is 6.08. The molecule has 0 aliphatic carbocycles. The van der Waals surface area contributed by atoms with E-state index in [-0.39, 0.29) is 12.3 Å². The first-order chi connectivity index (χ1) is 13.5. The van der Waals surface area contributed by atoms with E-state index in [4.69, 9.17) is 14.0 Å². The van der Waals surface area contributed by atoms with Crippen LogP contribution in [0.5, 0.6) is 5.75 Å². The number of ether oxygens (including phenoxy) is 2. The summed E-state index contributed by atoms with van der Waals surface area (Å²) >= 11 is 0. The van der Waals surface area contributed by atoms with Crippen molar-refractivity contribution in [1.82, 2.24) is 5.16 Å². The first-order valence-electron chi connectivity index (χ1n) is 8.49. The monoisotopic (exact) mass is 382 g/mol. The highest BCUT2D eigenvalue weighted by Crippen LogP contribution is 2.20. The quantitative estimate of drug-likeness (QED) is 0.343. The van der Waals surface area contributed by atoms with Crippen LogP contribution in [0.3, 0.4) is 0 Å². The predicted octanol–water partition coefficient (Wildman–Crippen LogP) is 4.14. The van der Waals surface area contributed by atoms with Crippen molar-refractivity contribution in [2.45, 2.75) is 27.1 Å².